The van der Waals surface area contributed by atoms with Crippen LogP contribution in [0.1, 0.15) is 28.8 Å². The van der Waals surface area contributed by atoms with Crippen molar-refractivity contribution in [3.63, 3.8) is 0 Å². The van der Waals surface area contributed by atoms with E-state index in [0.717, 1.165) is 23.0 Å². The molecule has 202 valence electrons. The lowest BCUT2D eigenvalue weighted by Gasteiger charge is -2.31. The van der Waals surface area contributed by atoms with Crippen LogP contribution >= 0.6 is 11.6 Å². The number of aromatic nitrogens is 3. The molecular formula is C23H19ClF6N6O2. The van der Waals surface area contributed by atoms with Gasteiger partial charge in [0.1, 0.15) is 30.0 Å². The van der Waals surface area contributed by atoms with Crippen molar-refractivity contribution in [2.75, 3.05) is 18.8 Å². The number of nitrogens with zero attached hydrogens (tertiary/aromatic N) is 4. The predicted octanol–water partition coefficient (Wildman–Crippen LogP) is 3.82. The zero-order valence-corrected chi connectivity index (χ0v) is 20.0. The van der Waals surface area contributed by atoms with Crippen molar-refractivity contribution in [1.29, 1.82) is 0 Å². The third kappa shape index (κ3) is 4.50. The van der Waals surface area contributed by atoms with Crippen LogP contribution in [0.25, 0.3) is 16.8 Å². The molecule has 2 aromatic heterocycles. The monoisotopic (exact) mass is 560 g/mol. The molecule has 3 heterocycles. The number of hydrogen-bond donors (Lipinski definition) is 2. The molecule has 3 aromatic rings. The zero-order valence-electron chi connectivity index (χ0n) is 19.3. The van der Waals surface area contributed by atoms with E-state index < -0.39 is 75.6 Å². The van der Waals surface area contributed by atoms with Gasteiger partial charge in [-0.2, -0.15) is 18.3 Å². The van der Waals surface area contributed by atoms with Gasteiger partial charge in [0.2, 0.25) is 5.91 Å². The van der Waals surface area contributed by atoms with Gasteiger partial charge in [-0.3, -0.25) is 9.59 Å². The summed E-state index contributed by atoms with van der Waals surface area (Å²) >= 11 is 5.99. The average Bonchev–Trinajstić information content (AvgIpc) is 3.40. The van der Waals surface area contributed by atoms with Crippen molar-refractivity contribution >= 4 is 34.7 Å². The van der Waals surface area contributed by atoms with Gasteiger partial charge in [0.15, 0.2) is 5.82 Å². The highest BCUT2D eigenvalue weighted by Gasteiger charge is 2.43. The van der Waals surface area contributed by atoms with Crippen molar-refractivity contribution in [2.24, 2.45) is 5.92 Å². The number of likely N-dealkylation sites (tertiary alicyclic amines) is 1. The molecule has 8 nitrogen and oxygen atoms in total. The number of anilines is 1. The normalized spacial score (nSPS) is 23.5. The Morgan fingerprint density at radius 1 is 1.13 bits per heavy atom. The second kappa shape index (κ2) is 9.33. The van der Waals surface area contributed by atoms with Gasteiger partial charge < -0.3 is 16.0 Å². The smallest absolute Gasteiger partial charge is 0.382 e. The van der Waals surface area contributed by atoms with Crippen molar-refractivity contribution in [2.45, 2.75) is 37.4 Å². The number of benzene rings is 1. The Bertz CT molecular complexity index is 1440. The Hall–Kier alpha value is -3.55. The molecule has 5 rings (SSSR count). The summed E-state index contributed by atoms with van der Waals surface area (Å²) in [5.74, 6) is -3.54. The van der Waals surface area contributed by atoms with E-state index in [-0.39, 0.29) is 37.2 Å². The van der Waals surface area contributed by atoms with Crippen LogP contribution in [0.5, 0.6) is 0 Å². The second-order valence-corrected chi connectivity index (χ2v) is 9.65. The summed E-state index contributed by atoms with van der Waals surface area (Å²) in [5, 5.41) is 5.52. The van der Waals surface area contributed by atoms with Crippen LogP contribution in [0.4, 0.5) is 32.2 Å². The molecule has 0 unspecified atom stereocenters. The van der Waals surface area contributed by atoms with Gasteiger partial charge in [-0.25, -0.2) is 22.7 Å². The van der Waals surface area contributed by atoms with Crippen molar-refractivity contribution in [3.05, 3.63) is 46.5 Å². The summed E-state index contributed by atoms with van der Waals surface area (Å²) in [5.41, 5.74) is 3.00. The second-order valence-electron chi connectivity index (χ2n) is 9.27. The number of nitrogens with one attached hydrogen (secondary N) is 1. The van der Waals surface area contributed by atoms with E-state index in [9.17, 15) is 35.9 Å². The molecule has 2 fully saturated rings. The number of carbonyl (C=O) groups is 2. The molecule has 2 aliphatic rings. The number of nitrogen functional groups attached to an aromatic ring is 1. The maximum Gasteiger partial charge on any atom is 0.418 e. The fourth-order valence-electron chi connectivity index (χ4n) is 4.73. The summed E-state index contributed by atoms with van der Waals surface area (Å²) in [6.45, 7) is -0.496. The number of rotatable bonds is 4. The number of hydrogen-bond acceptors (Lipinski definition) is 5. The minimum atomic E-state index is -4.85. The topological polar surface area (TPSA) is 106 Å². The van der Waals surface area contributed by atoms with Gasteiger partial charge in [-0.1, -0.05) is 11.6 Å². The van der Waals surface area contributed by atoms with Crippen LogP contribution in [-0.2, 0) is 11.0 Å². The molecule has 2 amide bonds. The summed E-state index contributed by atoms with van der Waals surface area (Å²) in [4.78, 5) is 30.2. The first-order valence-electron chi connectivity index (χ1n) is 11.4. The predicted molar refractivity (Wildman–Crippen MR) is 123 cm³/mol. The number of halogens is 7. The number of carbonyl (C=O) groups excluding carboxylic acids is 2. The molecule has 15 heteroatoms. The zero-order chi connectivity index (χ0) is 27.5. The first-order chi connectivity index (χ1) is 17.8. The van der Waals surface area contributed by atoms with Gasteiger partial charge in [0, 0.05) is 18.0 Å². The van der Waals surface area contributed by atoms with E-state index in [0.29, 0.717) is 6.07 Å². The first kappa shape index (κ1) is 26.1. The summed E-state index contributed by atoms with van der Waals surface area (Å²) in [6.07, 6.45) is -6.53. The minimum Gasteiger partial charge on any atom is -0.382 e. The molecule has 1 aliphatic heterocycles. The van der Waals surface area contributed by atoms with E-state index in [1.807, 2.05) is 0 Å². The maximum absolute atomic E-state index is 14.8. The summed E-state index contributed by atoms with van der Waals surface area (Å²) in [6, 6.07) is 1.39. The molecule has 1 aliphatic carbocycles. The SMILES string of the molecule is Nc1ncnn2c(-c3cc(F)c(Cl)c(C(=O)N[C@@H]4CN(C(=O)C5CC(F)C5)C[C@@H]4F)c3)cc(C(F)(F)F)c12. The number of amides is 2. The quantitative estimate of drug-likeness (QED) is 0.472. The lowest BCUT2D eigenvalue weighted by atomic mass is 9.82. The standard InChI is InChI=1S/C23H19ClF6N6O2/c24-18-12(21(37)34-16-7-35(6-15(16)27)22(38)10-1-11(25)2-10)3-9(4-14(18)26)17-5-13(23(28,29)30)19-20(31)32-8-33-36(17)19/h3-5,8,10-11,15-16H,1-2,6-7H2,(H,34,37)(H2,31,32,33)/t10?,11?,15-,16+/m0/s1. The van der Waals surface area contributed by atoms with Crippen LogP contribution < -0.4 is 11.1 Å². The highest BCUT2D eigenvalue weighted by atomic mass is 35.5. The Labute approximate surface area is 215 Å². The van der Waals surface area contributed by atoms with Gasteiger partial charge in [0.05, 0.1) is 34.4 Å². The van der Waals surface area contributed by atoms with Crippen molar-refractivity contribution in [1.82, 2.24) is 24.8 Å². The Balaban J connectivity index is 1.44. The first-order valence-corrected chi connectivity index (χ1v) is 11.8. The molecule has 0 spiro atoms. The maximum atomic E-state index is 14.8. The fraction of sp³-hybridized carbons (Fsp3) is 0.391. The minimum absolute atomic E-state index is 0.0615. The molecule has 3 N–H and O–H groups in total. The molecule has 1 saturated carbocycles. The van der Waals surface area contributed by atoms with Gasteiger partial charge in [0.25, 0.3) is 5.91 Å². The Kier molecular flexibility index (Phi) is 6.40. The van der Waals surface area contributed by atoms with Crippen molar-refractivity contribution in [3.8, 4) is 11.3 Å². The highest BCUT2D eigenvalue weighted by molar-refractivity contribution is 6.34. The van der Waals surface area contributed by atoms with E-state index >= 15 is 0 Å². The fourth-order valence-corrected chi connectivity index (χ4v) is 4.92. The lowest BCUT2D eigenvalue weighted by molar-refractivity contribution is -0.139. The molecule has 0 radical (unpaired) electrons. The molecule has 0 bridgehead atoms. The van der Waals surface area contributed by atoms with Crippen LogP contribution in [-0.4, -0.2) is 62.8 Å². The lowest BCUT2D eigenvalue weighted by Crippen LogP contribution is -2.44. The van der Waals surface area contributed by atoms with Gasteiger partial charge in [-0.15, -0.1) is 0 Å². The largest absolute Gasteiger partial charge is 0.418 e. The Morgan fingerprint density at radius 2 is 1.84 bits per heavy atom. The highest BCUT2D eigenvalue weighted by Crippen LogP contribution is 2.39. The summed E-state index contributed by atoms with van der Waals surface area (Å²) < 4.78 is 84.3. The third-order valence-electron chi connectivity index (χ3n) is 6.76. The molecule has 1 aromatic carbocycles. The van der Waals surface area contributed by atoms with Crippen LogP contribution in [0.3, 0.4) is 0 Å². The van der Waals surface area contributed by atoms with Gasteiger partial charge in [-0.05, 0) is 31.0 Å². The van der Waals surface area contributed by atoms with Crippen LogP contribution in [0.2, 0.25) is 5.02 Å². The van der Waals surface area contributed by atoms with E-state index in [1.165, 1.54) is 4.90 Å². The number of fused-ring (bicyclic) bond motifs is 1. The number of nitrogens with two attached hydrogens (primary N) is 1. The average molecular weight is 561 g/mol. The van der Waals surface area contributed by atoms with Crippen LogP contribution in [0.15, 0.2) is 24.5 Å². The molecule has 38 heavy (non-hydrogen) atoms. The van der Waals surface area contributed by atoms with Gasteiger partial charge >= 0.3 is 6.18 Å². The van der Waals surface area contributed by atoms with E-state index in [1.54, 1.807) is 0 Å². The van der Waals surface area contributed by atoms with E-state index in [2.05, 4.69) is 15.4 Å². The Morgan fingerprint density at radius 3 is 2.50 bits per heavy atom. The summed E-state index contributed by atoms with van der Waals surface area (Å²) in [7, 11) is 0. The third-order valence-corrected chi connectivity index (χ3v) is 7.15. The molecular weight excluding hydrogens is 542 g/mol. The van der Waals surface area contributed by atoms with Crippen molar-refractivity contribution < 1.29 is 35.9 Å². The van der Waals surface area contributed by atoms with E-state index in [4.69, 9.17) is 17.3 Å². The molecule has 2 atom stereocenters. The van der Waals surface area contributed by atoms with Crippen LogP contribution in [0, 0.1) is 11.7 Å². The number of alkyl halides is 5. The molecule has 1 saturated heterocycles.